The highest BCUT2D eigenvalue weighted by molar-refractivity contribution is 6.35. The van der Waals surface area contributed by atoms with Crippen molar-refractivity contribution in [2.75, 3.05) is 11.9 Å². The zero-order valence-electron chi connectivity index (χ0n) is 15.3. The van der Waals surface area contributed by atoms with Gasteiger partial charge in [0.25, 0.3) is 0 Å². The summed E-state index contributed by atoms with van der Waals surface area (Å²) in [5.74, 6) is -3.58. The molecule has 0 radical (unpaired) electrons. The Balaban J connectivity index is 1.85. The molecule has 1 spiro atoms. The summed E-state index contributed by atoms with van der Waals surface area (Å²) in [5, 5.41) is 6.22. The number of halogens is 1. The van der Waals surface area contributed by atoms with E-state index in [2.05, 4.69) is 10.6 Å². The third-order valence-electron chi connectivity index (χ3n) is 5.95. The smallest absolute Gasteiger partial charge is 0.250 e. The summed E-state index contributed by atoms with van der Waals surface area (Å²) in [7, 11) is 0. The highest BCUT2D eigenvalue weighted by atomic mass is 35.5. The van der Waals surface area contributed by atoms with Crippen LogP contribution in [0, 0.1) is 11.8 Å². The SMILES string of the molecule is CCCCN1C(=O)[C@H]2[C@@H](C1=O)[C@]1(N[C@@H]2CC(N)=O)C(=O)Nc2c(Cl)cccc21. The highest BCUT2D eigenvalue weighted by Crippen LogP contribution is 2.54. The number of fused-ring (bicyclic) bond motifs is 4. The van der Waals surface area contributed by atoms with Gasteiger partial charge in [-0.05, 0) is 12.5 Å². The molecule has 4 N–H and O–H groups in total. The van der Waals surface area contributed by atoms with Gasteiger partial charge in [0.15, 0.2) is 0 Å². The van der Waals surface area contributed by atoms with Crippen LogP contribution in [-0.2, 0) is 24.7 Å². The van der Waals surface area contributed by atoms with Crippen molar-refractivity contribution in [3.63, 3.8) is 0 Å². The Kier molecular flexibility index (Phi) is 4.43. The largest absolute Gasteiger partial charge is 0.370 e. The number of nitrogens with zero attached hydrogens (tertiary/aromatic N) is 1. The number of carbonyl (C=O) groups excluding carboxylic acids is 4. The van der Waals surface area contributed by atoms with Crippen LogP contribution < -0.4 is 16.4 Å². The van der Waals surface area contributed by atoms with Crippen LogP contribution >= 0.6 is 11.6 Å². The second kappa shape index (κ2) is 6.56. The number of hydrogen-bond donors (Lipinski definition) is 3. The fourth-order valence-corrected chi connectivity index (χ4v) is 5.00. The van der Waals surface area contributed by atoms with Crippen molar-refractivity contribution in [2.24, 2.45) is 17.6 Å². The summed E-state index contributed by atoms with van der Waals surface area (Å²) < 4.78 is 0. The lowest BCUT2D eigenvalue weighted by molar-refractivity contribution is -0.142. The fourth-order valence-electron chi connectivity index (χ4n) is 4.78. The Bertz CT molecular complexity index is 904. The number of unbranched alkanes of at least 4 members (excludes halogenated alkanes) is 1. The van der Waals surface area contributed by atoms with E-state index < -0.39 is 41.1 Å². The van der Waals surface area contributed by atoms with Crippen LogP contribution in [-0.4, -0.2) is 41.1 Å². The molecule has 0 aromatic heterocycles. The molecule has 4 rings (SSSR count). The molecule has 2 saturated heterocycles. The van der Waals surface area contributed by atoms with Crippen molar-refractivity contribution in [1.82, 2.24) is 10.2 Å². The summed E-state index contributed by atoms with van der Waals surface area (Å²) in [6, 6.07) is 4.34. The first-order valence-electron chi connectivity index (χ1n) is 9.34. The van der Waals surface area contributed by atoms with Crippen molar-refractivity contribution in [3.05, 3.63) is 28.8 Å². The van der Waals surface area contributed by atoms with Gasteiger partial charge in [-0.25, -0.2) is 0 Å². The Hall–Kier alpha value is -2.45. The van der Waals surface area contributed by atoms with E-state index in [1.54, 1.807) is 18.2 Å². The Morgan fingerprint density at radius 1 is 1.29 bits per heavy atom. The lowest BCUT2D eigenvalue weighted by Gasteiger charge is -2.29. The molecule has 148 valence electrons. The number of anilines is 1. The molecule has 4 amide bonds. The molecule has 28 heavy (non-hydrogen) atoms. The van der Waals surface area contributed by atoms with E-state index in [1.165, 1.54) is 4.90 Å². The van der Waals surface area contributed by atoms with Gasteiger partial charge in [-0.3, -0.25) is 29.4 Å². The monoisotopic (exact) mass is 404 g/mol. The molecule has 1 aromatic carbocycles. The molecule has 4 atom stereocenters. The number of imide groups is 1. The van der Waals surface area contributed by atoms with E-state index in [4.69, 9.17) is 17.3 Å². The molecule has 3 heterocycles. The first-order chi connectivity index (χ1) is 13.3. The molecule has 3 aliphatic heterocycles. The standard InChI is InChI=1S/C19H21ClN4O4/c1-2-3-7-24-16(26)13-11(8-12(21)25)23-19(14(13)17(24)27)9-5-4-6-10(20)15(9)22-18(19)28/h4-6,11,13-14,23H,2-3,7-8H2,1H3,(H2,21,25)(H,22,28)/t11-,13-,14+,19+/m1/s1. The van der Waals surface area contributed by atoms with E-state index in [0.717, 1.165) is 6.42 Å². The van der Waals surface area contributed by atoms with E-state index in [1.807, 2.05) is 6.92 Å². The van der Waals surface area contributed by atoms with Crippen molar-refractivity contribution in [1.29, 1.82) is 0 Å². The van der Waals surface area contributed by atoms with Gasteiger partial charge in [-0.1, -0.05) is 37.1 Å². The second-order valence-electron chi connectivity index (χ2n) is 7.53. The maximum absolute atomic E-state index is 13.3. The lowest BCUT2D eigenvalue weighted by Crippen LogP contribution is -2.53. The molecule has 8 nitrogen and oxygen atoms in total. The first kappa shape index (κ1) is 18.9. The second-order valence-corrected chi connectivity index (χ2v) is 7.94. The van der Waals surface area contributed by atoms with Crippen LogP contribution in [0.15, 0.2) is 18.2 Å². The Morgan fingerprint density at radius 2 is 2.04 bits per heavy atom. The summed E-state index contributed by atoms with van der Waals surface area (Å²) in [4.78, 5) is 52.3. The van der Waals surface area contributed by atoms with Crippen molar-refractivity contribution < 1.29 is 19.2 Å². The van der Waals surface area contributed by atoms with Gasteiger partial charge in [0.1, 0.15) is 5.54 Å². The predicted octanol–water partition coefficient (Wildman–Crippen LogP) is 0.736. The Labute approximate surface area is 166 Å². The van der Waals surface area contributed by atoms with Gasteiger partial charge < -0.3 is 11.1 Å². The summed E-state index contributed by atoms with van der Waals surface area (Å²) >= 11 is 6.24. The molecular weight excluding hydrogens is 384 g/mol. The van der Waals surface area contributed by atoms with Crippen molar-refractivity contribution in [3.8, 4) is 0 Å². The Morgan fingerprint density at radius 3 is 2.71 bits per heavy atom. The van der Waals surface area contributed by atoms with Gasteiger partial charge >= 0.3 is 0 Å². The minimum absolute atomic E-state index is 0.146. The number of amides is 4. The number of nitrogens with two attached hydrogens (primary N) is 1. The van der Waals surface area contributed by atoms with Gasteiger partial charge in [0, 0.05) is 24.6 Å². The third-order valence-corrected chi connectivity index (χ3v) is 6.26. The van der Waals surface area contributed by atoms with Crippen LogP contribution in [0.4, 0.5) is 5.69 Å². The summed E-state index contributed by atoms with van der Waals surface area (Å²) in [6.45, 7) is 2.26. The molecule has 0 saturated carbocycles. The normalized spacial score (nSPS) is 30.7. The number of para-hydroxylation sites is 1. The average Bonchev–Trinajstić information content (AvgIpc) is 3.20. The number of hydrogen-bond acceptors (Lipinski definition) is 5. The van der Waals surface area contributed by atoms with Crippen LogP contribution in [0.1, 0.15) is 31.7 Å². The number of benzene rings is 1. The van der Waals surface area contributed by atoms with Crippen LogP contribution in [0.3, 0.4) is 0 Å². The summed E-state index contributed by atoms with van der Waals surface area (Å²) in [6.07, 6.45) is 1.35. The quantitative estimate of drug-likeness (QED) is 0.625. The van der Waals surface area contributed by atoms with Gasteiger partial charge in [0.05, 0.1) is 22.5 Å². The topological polar surface area (TPSA) is 122 Å². The maximum atomic E-state index is 13.3. The van der Waals surface area contributed by atoms with E-state index in [-0.39, 0.29) is 12.3 Å². The number of likely N-dealkylation sites (tertiary alicyclic amines) is 1. The first-order valence-corrected chi connectivity index (χ1v) is 9.72. The van der Waals surface area contributed by atoms with E-state index in [9.17, 15) is 19.2 Å². The molecule has 1 aromatic rings. The number of rotatable bonds is 5. The predicted molar refractivity (Wildman–Crippen MR) is 101 cm³/mol. The van der Waals surface area contributed by atoms with Crippen molar-refractivity contribution in [2.45, 2.75) is 37.8 Å². The molecule has 0 bridgehead atoms. The highest BCUT2D eigenvalue weighted by Gasteiger charge is 2.70. The zero-order chi connectivity index (χ0) is 20.2. The molecule has 3 aliphatic rings. The minimum atomic E-state index is -1.45. The number of carbonyl (C=O) groups is 4. The average molecular weight is 405 g/mol. The number of primary amides is 1. The van der Waals surface area contributed by atoms with E-state index >= 15 is 0 Å². The molecule has 0 unspecified atom stereocenters. The maximum Gasteiger partial charge on any atom is 0.250 e. The van der Waals surface area contributed by atoms with Gasteiger partial charge in [-0.2, -0.15) is 0 Å². The van der Waals surface area contributed by atoms with Gasteiger partial charge in [0.2, 0.25) is 23.6 Å². The lowest BCUT2D eigenvalue weighted by atomic mass is 9.76. The minimum Gasteiger partial charge on any atom is -0.370 e. The fraction of sp³-hybridized carbons (Fsp3) is 0.474. The molecule has 2 fully saturated rings. The zero-order valence-corrected chi connectivity index (χ0v) is 16.1. The molecular formula is C19H21ClN4O4. The molecule has 9 heteroatoms. The van der Waals surface area contributed by atoms with Crippen LogP contribution in [0.2, 0.25) is 5.02 Å². The van der Waals surface area contributed by atoms with Crippen molar-refractivity contribution >= 4 is 40.9 Å². The van der Waals surface area contributed by atoms with Gasteiger partial charge in [-0.15, -0.1) is 0 Å². The van der Waals surface area contributed by atoms with Crippen LogP contribution in [0.25, 0.3) is 0 Å². The van der Waals surface area contributed by atoms with E-state index in [0.29, 0.717) is 29.2 Å². The molecule has 0 aliphatic carbocycles. The van der Waals surface area contributed by atoms with Crippen LogP contribution in [0.5, 0.6) is 0 Å². The summed E-state index contributed by atoms with van der Waals surface area (Å²) in [5.41, 5.74) is 4.88. The third kappa shape index (κ3) is 2.41. The number of nitrogens with one attached hydrogen (secondary N) is 2.